The van der Waals surface area contributed by atoms with E-state index < -0.39 is 0 Å². The molecule has 1 N–H and O–H groups in total. The Labute approximate surface area is 150 Å². The van der Waals surface area contributed by atoms with E-state index in [1.165, 1.54) is 11.8 Å². The number of hydrogen-bond acceptors (Lipinski definition) is 6. The second-order valence-electron chi connectivity index (χ2n) is 5.51. The van der Waals surface area contributed by atoms with Crippen molar-refractivity contribution >= 4 is 17.7 Å². The molecular formula is C18H18N4O2S. The topological polar surface area (TPSA) is 80.9 Å². The smallest absolute Gasteiger partial charge is 0.277 e. The van der Waals surface area contributed by atoms with Crippen LogP contribution in [0.3, 0.4) is 0 Å². The number of nitrogens with one attached hydrogen (secondary N) is 1. The molecule has 0 fully saturated rings. The van der Waals surface area contributed by atoms with Gasteiger partial charge in [0.15, 0.2) is 0 Å². The number of carbonyl (C=O) groups excluding carboxylic acids is 1. The first kappa shape index (κ1) is 17.2. The number of carbonyl (C=O) groups is 1. The number of thioether (sulfide) groups is 1. The van der Waals surface area contributed by atoms with Crippen molar-refractivity contribution in [3.63, 3.8) is 0 Å². The van der Waals surface area contributed by atoms with Crippen LogP contribution in [-0.2, 0) is 4.79 Å². The lowest BCUT2D eigenvalue weighted by Gasteiger charge is -2.16. The lowest BCUT2D eigenvalue weighted by atomic mass is 10.1. The third-order valence-electron chi connectivity index (χ3n) is 3.64. The highest BCUT2D eigenvalue weighted by molar-refractivity contribution is 8.00. The largest absolute Gasteiger partial charge is 0.411 e. The normalized spacial score (nSPS) is 13.2. The van der Waals surface area contributed by atoms with Gasteiger partial charge in [-0.05, 0) is 31.5 Å². The fourth-order valence-electron chi connectivity index (χ4n) is 2.23. The third kappa shape index (κ3) is 4.45. The molecule has 0 saturated heterocycles. The van der Waals surface area contributed by atoms with Gasteiger partial charge in [-0.1, -0.05) is 42.1 Å². The molecule has 2 unspecified atom stereocenters. The number of pyridine rings is 1. The number of amides is 1. The summed E-state index contributed by atoms with van der Waals surface area (Å²) in [5.74, 6) is 0.333. The first-order chi connectivity index (χ1) is 12.1. The van der Waals surface area contributed by atoms with Gasteiger partial charge >= 0.3 is 0 Å². The highest BCUT2D eigenvalue weighted by Crippen LogP contribution is 2.26. The standard InChI is InChI=1S/C18H18N4O2S/c1-12(14-6-4-3-5-7-14)20-16(23)13(2)25-18-22-21-17(24-18)15-8-10-19-11-9-15/h3-13H,1-2H3,(H,20,23). The zero-order valence-corrected chi connectivity index (χ0v) is 14.7. The van der Waals surface area contributed by atoms with Crippen LogP contribution in [0.25, 0.3) is 11.5 Å². The number of hydrogen-bond donors (Lipinski definition) is 1. The van der Waals surface area contributed by atoms with Gasteiger partial charge in [-0.2, -0.15) is 0 Å². The van der Waals surface area contributed by atoms with Gasteiger partial charge in [-0.15, -0.1) is 10.2 Å². The summed E-state index contributed by atoms with van der Waals surface area (Å²) in [7, 11) is 0. The summed E-state index contributed by atoms with van der Waals surface area (Å²) in [6.07, 6.45) is 3.32. The SMILES string of the molecule is CC(Sc1nnc(-c2ccncc2)o1)C(=O)NC(C)c1ccccc1. The second-order valence-corrected chi connectivity index (χ2v) is 6.80. The highest BCUT2D eigenvalue weighted by Gasteiger charge is 2.20. The molecule has 3 aromatic rings. The predicted molar refractivity (Wildman–Crippen MR) is 95.8 cm³/mol. The van der Waals surface area contributed by atoms with Gasteiger partial charge < -0.3 is 9.73 Å². The van der Waals surface area contributed by atoms with Crippen LogP contribution in [0.1, 0.15) is 25.5 Å². The summed E-state index contributed by atoms with van der Waals surface area (Å²) in [4.78, 5) is 16.3. The Bertz CT molecular complexity index is 823. The van der Waals surface area contributed by atoms with Crippen LogP contribution < -0.4 is 5.32 Å². The molecule has 2 heterocycles. The molecule has 0 aliphatic carbocycles. The van der Waals surface area contributed by atoms with E-state index in [9.17, 15) is 4.79 Å². The molecular weight excluding hydrogens is 336 g/mol. The fourth-order valence-corrected chi connectivity index (χ4v) is 2.92. The van der Waals surface area contributed by atoms with Crippen LogP contribution in [0.4, 0.5) is 0 Å². The van der Waals surface area contributed by atoms with E-state index in [4.69, 9.17) is 4.42 Å². The molecule has 0 spiro atoms. The fraction of sp³-hybridized carbons (Fsp3) is 0.222. The number of benzene rings is 1. The summed E-state index contributed by atoms with van der Waals surface area (Å²) >= 11 is 1.24. The quantitative estimate of drug-likeness (QED) is 0.683. The first-order valence-corrected chi connectivity index (χ1v) is 8.77. The van der Waals surface area contributed by atoms with Crippen molar-refractivity contribution in [1.29, 1.82) is 0 Å². The molecule has 7 heteroatoms. The molecule has 0 aliphatic heterocycles. The Hall–Kier alpha value is -2.67. The monoisotopic (exact) mass is 354 g/mol. The van der Waals surface area contributed by atoms with E-state index in [0.29, 0.717) is 11.1 Å². The van der Waals surface area contributed by atoms with Crippen LogP contribution in [-0.4, -0.2) is 26.3 Å². The number of rotatable bonds is 6. The van der Waals surface area contributed by atoms with Gasteiger partial charge in [0.1, 0.15) is 0 Å². The van der Waals surface area contributed by atoms with Gasteiger partial charge in [0.05, 0.1) is 11.3 Å². The lowest BCUT2D eigenvalue weighted by Crippen LogP contribution is -2.33. The Balaban J connectivity index is 1.59. The molecule has 2 aromatic heterocycles. The van der Waals surface area contributed by atoms with Gasteiger partial charge in [0, 0.05) is 18.0 Å². The van der Waals surface area contributed by atoms with Crippen LogP contribution in [0.2, 0.25) is 0 Å². The van der Waals surface area contributed by atoms with Crippen molar-refractivity contribution in [3.05, 3.63) is 60.4 Å². The summed E-state index contributed by atoms with van der Waals surface area (Å²) in [5.41, 5.74) is 1.86. The minimum atomic E-state index is -0.350. The summed E-state index contributed by atoms with van der Waals surface area (Å²) < 4.78 is 5.61. The van der Waals surface area contributed by atoms with E-state index >= 15 is 0 Å². The van der Waals surface area contributed by atoms with Crippen molar-refractivity contribution in [2.75, 3.05) is 0 Å². The van der Waals surface area contributed by atoms with Gasteiger partial charge in [0.25, 0.3) is 5.22 Å². The van der Waals surface area contributed by atoms with Gasteiger partial charge in [0.2, 0.25) is 11.8 Å². The molecule has 0 radical (unpaired) electrons. The Kier molecular flexibility index (Phi) is 5.45. The minimum Gasteiger partial charge on any atom is -0.411 e. The van der Waals surface area contributed by atoms with Crippen LogP contribution in [0.15, 0.2) is 64.5 Å². The summed E-state index contributed by atoms with van der Waals surface area (Å²) in [5, 5.41) is 11.0. The molecule has 3 rings (SSSR count). The highest BCUT2D eigenvalue weighted by atomic mass is 32.2. The molecule has 1 aromatic carbocycles. The molecule has 25 heavy (non-hydrogen) atoms. The van der Waals surface area contributed by atoms with E-state index in [0.717, 1.165) is 11.1 Å². The van der Waals surface area contributed by atoms with Crippen molar-refractivity contribution < 1.29 is 9.21 Å². The molecule has 6 nitrogen and oxygen atoms in total. The van der Waals surface area contributed by atoms with Crippen LogP contribution in [0, 0.1) is 0 Å². The van der Waals surface area contributed by atoms with E-state index in [-0.39, 0.29) is 17.2 Å². The predicted octanol–water partition coefficient (Wildman–Crippen LogP) is 3.49. The zero-order chi connectivity index (χ0) is 17.6. The molecule has 0 saturated carbocycles. The third-order valence-corrected chi connectivity index (χ3v) is 4.57. The van der Waals surface area contributed by atoms with Crippen LogP contribution >= 0.6 is 11.8 Å². The molecule has 1 amide bonds. The van der Waals surface area contributed by atoms with E-state index in [1.807, 2.05) is 44.2 Å². The Morgan fingerprint density at radius 2 is 1.80 bits per heavy atom. The van der Waals surface area contributed by atoms with E-state index in [1.54, 1.807) is 24.5 Å². The average Bonchev–Trinajstić information content (AvgIpc) is 3.11. The Morgan fingerprint density at radius 3 is 2.52 bits per heavy atom. The summed E-state index contributed by atoms with van der Waals surface area (Å²) in [6.45, 7) is 3.77. The molecule has 0 aliphatic rings. The second kappa shape index (κ2) is 7.94. The average molecular weight is 354 g/mol. The number of nitrogens with zero attached hydrogens (tertiary/aromatic N) is 3. The molecule has 0 bridgehead atoms. The lowest BCUT2D eigenvalue weighted by molar-refractivity contribution is -0.120. The maximum Gasteiger partial charge on any atom is 0.277 e. The van der Waals surface area contributed by atoms with Crippen molar-refractivity contribution in [1.82, 2.24) is 20.5 Å². The van der Waals surface area contributed by atoms with Crippen molar-refractivity contribution in [2.24, 2.45) is 0 Å². The molecule has 128 valence electrons. The van der Waals surface area contributed by atoms with E-state index in [2.05, 4.69) is 20.5 Å². The minimum absolute atomic E-state index is 0.0631. The van der Waals surface area contributed by atoms with Gasteiger partial charge in [-0.25, -0.2) is 0 Å². The Morgan fingerprint density at radius 1 is 1.08 bits per heavy atom. The van der Waals surface area contributed by atoms with Crippen LogP contribution in [0.5, 0.6) is 0 Å². The van der Waals surface area contributed by atoms with Gasteiger partial charge in [-0.3, -0.25) is 9.78 Å². The van der Waals surface area contributed by atoms with Crippen molar-refractivity contribution in [3.8, 4) is 11.5 Å². The molecule has 2 atom stereocenters. The maximum atomic E-state index is 12.4. The zero-order valence-electron chi connectivity index (χ0n) is 13.9. The maximum absolute atomic E-state index is 12.4. The van der Waals surface area contributed by atoms with Crippen molar-refractivity contribution in [2.45, 2.75) is 30.4 Å². The number of aromatic nitrogens is 3. The first-order valence-electron chi connectivity index (χ1n) is 7.89. The summed E-state index contributed by atoms with van der Waals surface area (Å²) in [6, 6.07) is 13.4.